The molecule has 0 aromatic carbocycles. The Labute approximate surface area is 264 Å². The standard InChI is InChI=1S/C30H52F3N3O9/c1-26(2,3)42-21(37)17-34(18-22(38)43-27(4,5)6)13-15-36(25(41)30(31,32)33)16-14-35(19-23(39)44-28(7,8)9)20-24(40)45-29(10,11)12/h13-20H2,1-12H3. The van der Waals surface area contributed by atoms with Gasteiger partial charge in [-0.1, -0.05) is 0 Å². The van der Waals surface area contributed by atoms with E-state index in [-0.39, 0.29) is 13.1 Å². The summed E-state index contributed by atoms with van der Waals surface area (Å²) in [5, 5.41) is 0. The number of ether oxygens (including phenoxy) is 4. The van der Waals surface area contributed by atoms with Gasteiger partial charge >= 0.3 is 36.0 Å². The number of carbonyl (C=O) groups is 5. The monoisotopic (exact) mass is 655 g/mol. The highest BCUT2D eigenvalue weighted by Gasteiger charge is 2.42. The van der Waals surface area contributed by atoms with E-state index in [1.54, 1.807) is 83.1 Å². The Morgan fingerprint density at radius 2 is 0.667 bits per heavy atom. The van der Waals surface area contributed by atoms with E-state index in [1.165, 1.54) is 9.80 Å². The van der Waals surface area contributed by atoms with Crippen LogP contribution in [0.15, 0.2) is 0 Å². The molecular formula is C30H52F3N3O9. The van der Waals surface area contributed by atoms with E-state index in [0.29, 0.717) is 4.90 Å². The summed E-state index contributed by atoms with van der Waals surface area (Å²) in [6.45, 7) is 15.9. The summed E-state index contributed by atoms with van der Waals surface area (Å²) in [6.07, 6.45) is -5.25. The van der Waals surface area contributed by atoms with Crippen molar-refractivity contribution in [2.24, 2.45) is 0 Å². The quantitative estimate of drug-likeness (QED) is 0.202. The zero-order chi connectivity index (χ0) is 35.6. The molecule has 12 nitrogen and oxygen atoms in total. The van der Waals surface area contributed by atoms with Gasteiger partial charge < -0.3 is 23.8 Å². The van der Waals surface area contributed by atoms with Crippen LogP contribution < -0.4 is 0 Å². The van der Waals surface area contributed by atoms with Gasteiger partial charge in [0.2, 0.25) is 0 Å². The predicted molar refractivity (Wildman–Crippen MR) is 159 cm³/mol. The van der Waals surface area contributed by atoms with Crippen LogP contribution >= 0.6 is 0 Å². The number of nitrogens with zero attached hydrogens (tertiary/aromatic N) is 3. The third-order valence-corrected chi connectivity index (χ3v) is 4.99. The van der Waals surface area contributed by atoms with E-state index in [2.05, 4.69) is 0 Å². The van der Waals surface area contributed by atoms with Crippen LogP contribution in [0.5, 0.6) is 0 Å². The van der Waals surface area contributed by atoms with Crippen molar-refractivity contribution < 1.29 is 56.1 Å². The Kier molecular flexibility index (Phi) is 15.5. The summed E-state index contributed by atoms with van der Waals surface area (Å²) < 4.78 is 62.0. The highest BCUT2D eigenvalue weighted by atomic mass is 19.4. The summed E-state index contributed by atoms with van der Waals surface area (Å²) >= 11 is 0. The predicted octanol–water partition coefficient (Wildman–Crippen LogP) is 3.35. The van der Waals surface area contributed by atoms with Crippen molar-refractivity contribution >= 4 is 29.8 Å². The van der Waals surface area contributed by atoms with Gasteiger partial charge in [-0.05, 0) is 83.1 Å². The van der Waals surface area contributed by atoms with Gasteiger partial charge in [0, 0.05) is 26.2 Å². The Hall–Kier alpha value is -2.94. The van der Waals surface area contributed by atoms with Crippen LogP contribution in [-0.2, 0) is 42.9 Å². The molecule has 0 spiro atoms. The van der Waals surface area contributed by atoms with Gasteiger partial charge in [0.15, 0.2) is 0 Å². The number of hydrogen-bond donors (Lipinski definition) is 0. The second-order valence-electron chi connectivity index (χ2n) is 14.6. The Morgan fingerprint density at radius 3 is 0.844 bits per heavy atom. The summed E-state index contributed by atoms with van der Waals surface area (Å²) in [5.74, 6) is -5.12. The Bertz CT molecular complexity index is 893. The lowest BCUT2D eigenvalue weighted by atomic mass is 10.2. The van der Waals surface area contributed by atoms with Crippen molar-refractivity contribution in [3.63, 3.8) is 0 Å². The zero-order valence-corrected chi connectivity index (χ0v) is 28.8. The number of hydrogen-bond acceptors (Lipinski definition) is 11. The van der Waals surface area contributed by atoms with Crippen molar-refractivity contribution in [3.8, 4) is 0 Å². The number of esters is 4. The molecule has 0 aromatic rings. The van der Waals surface area contributed by atoms with Crippen LogP contribution in [0, 0.1) is 0 Å². The van der Waals surface area contributed by atoms with Crippen molar-refractivity contribution in [2.45, 2.75) is 112 Å². The van der Waals surface area contributed by atoms with E-state index in [1.807, 2.05) is 0 Å². The van der Waals surface area contributed by atoms with Crippen molar-refractivity contribution in [2.75, 3.05) is 52.4 Å². The van der Waals surface area contributed by atoms with Crippen LogP contribution in [0.1, 0.15) is 83.1 Å². The molecule has 0 bridgehead atoms. The number of alkyl halides is 3. The average Bonchev–Trinajstić information content (AvgIpc) is 2.72. The Balaban J connectivity index is 6.03. The second kappa shape index (κ2) is 16.6. The number of amides is 1. The molecule has 0 heterocycles. The molecule has 0 N–H and O–H groups in total. The first-order valence-corrected chi connectivity index (χ1v) is 14.6. The topological polar surface area (TPSA) is 132 Å². The van der Waals surface area contributed by atoms with Crippen molar-refractivity contribution in [1.82, 2.24) is 14.7 Å². The third-order valence-electron chi connectivity index (χ3n) is 4.99. The van der Waals surface area contributed by atoms with Crippen LogP contribution in [0.2, 0.25) is 0 Å². The molecule has 45 heavy (non-hydrogen) atoms. The highest BCUT2D eigenvalue weighted by Crippen LogP contribution is 2.19. The van der Waals surface area contributed by atoms with Crippen LogP contribution in [0.25, 0.3) is 0 Å². The van der Waals surface area contributed by atoms with Crippen LogP contribution in [0.3, 0.4) is 0 Å². The molecule has 1 amide bonds. The average molecular weight is 656 g/mol. The minimum atomic E-state index is -5.25. The van der Waals surface area contributed by atoms with E-state index >= 15 is 0 Å². The van der Waals surface area contributed by atoms with Gasteiger partial charge in [-0.2, -0.15) is 13.2 Å². The first-order chi connectivity index (χ1) is 20.0. The lowest BCUT2D eigenvalue weighted by molar-refractivity contribution is -0.186. The van der Waals surface area contributed by atoms with Gasteiger partial charge in [-0.15, -0.1) is 0 Å². The molecule has 0 aliphatic carbocycles. The largest absolute Gasteiger partial charge is 0.471 e. The summed E-state index contributed by atoms with van der Waals surface area (Å²) in [5.41, 5.74) is -3.45. The maximum Gasteiger partial charge on any atom is 0.471 e. The number of carbonyl (C=O) groups excluding carboxylic acids is 5. The highest BCUT2D eigenvalue weighted by molar-refractivity contribution is 5.82. The molecule has 0 radical (unpaired) electrons. The van der Waals surface area contributed by atoms with E-state index in [4.69, 9.17) is 18.9 Å². The molecule has 15 heteroatoms. The molecule has 0 saturated heterocycles. The van der Waals surface area contributed by atoms with E-state index in [0.717, 1.165) is 0 Å². The number of halogens is 3. The fraction of sp³-hybridized carbons (Fsp3) is 0.833. The molecular weight excluding hydrogens is 603 g/mol. The van der Waals surface area contributed by atoms with Gasteiger partial charge in [0.05, 0.1) is 26.2 Å². The minimum absolute atomic E-state index is 0.335. The van der Waals surface area contributed by atoms with Crippen LogP contribution in [0.4, 0.5) is 13.2 Å². The maximum atomic E-state index is 13.6. The van der Waals surface area contributed by atoms with Gasteiger partial charge in [-0.3, -0.25) is 33.8 Å². The second-order valence-corrected chi connectivity index (χ2v) is 14.6. The molecule has 0 unspecified atom stereocenters. The first-order valence-electron chi connectivity index (χ1n) is 14.6. The molecule has 0 fully saturated rings. The fourth-order valence-electron chi connectivity index (χ4n) is 3.67. The van der Waals surface area contributed by atoms with E-state index in [9.17, 15) is 37.1 Å². The summed E-state index contributed by atoms with van der Waals surface area (Å²) in [4.78, 5) is 65.4. The van der Waals surface area contributed by atoms with Gasteiger partial charge in [0.25, 0.3) is 0 Å². The SMILES string of the molecule is CC(C)(C)OC(=O)CN(CCN(CCN(CC(=O)OC(C)(C)C)CC(=O)OC(C)(C)C)C(=O)C(F)(F)F)CC(=O)OC(C)(C)C. The maximum absolute atomic E-state index is 13.6. The Morgan fingerprint density at radius 1 is 0.444 bits per heavy atom. The molecule has 0 atom stereocenters. The van der Waals surface area contributed by atoms with Gasteiger partial charge in [0.1, 0.15) is 22.4 Å². The lowest BCUT2D eigenvalue weighted by Crippen LogP contribution is -2.50. The first kappa shape index (κ1) is 42.1. The normalized spacial score (nSPS) is 13.0. The van der Waals surface area contributed by atoms with Crippen molar-refractivity contribution in [1.29, 1.82) is 0 Å². The molecule has 0 rings (SSSR count). The smallest absolute Gasteiger partial charge is 0.459 e. The fourth-order valence-corrected chi connectivity index (χ4v) is 3.67. The number of rotatable bonds is 14. The zero-order valence-electron chi connectivity index (χ0n) is 28.8. The minimum Gasteiger partial charge on any atom is -0.459 e. The molecule has 262 valence electrons. The van der Waals surface area contributed by atoms with Crippen LogP contribution in [-0.4, -0.2) is 125 Å². The van der Waals surface area contributed by atoms with Crippen molar-refractivity contribution in [3.05, 3.63) is 0 Å². The molecule has 0 aliphatic heterocycles. The van der Waals surface area contributed by atoms with E-state index < -0.39 is 97.6 Å². The molecule has 0 aliphatic rings. The lowest BCUT2D eigenvalue weighted by Gasteiger charge is -2.31. The molecule has 0 saturated carbocycles. The summed E-state index contributed by atoms with van der Waals surface area (Å²) in [6, 6.07) is 0. The van der Waals surface area contributed by atoms with Gasteiger partial charge in [-0.25, -0.2) is 0 Å². The third kappa shape index (κ3) is 22.3. The molecule has 0 aromatic heterocycles. The summed E-state index contributed by atoms with van der Waals surface area (Å²) in [7, 11) is 0.